The Morgan fingerprint density at radius 2 is 2.10 bits per heavy atom. The Bertz CT molecular complexity index is 949. The molecular formula is C21H23FN4O3. The van der Waals surface area contributed by atoms with E-state index in [0.29, 0.717) is 62.5 Å². The standard InChI is InChI=1S/C21H23FN4O3/c22-18-4-2-1-3-17(18)19-11-16(29-26-19)12-21(6-9-28-10-7-21)20(27)23-8-5-15-13-24-25-14-15/h1-4,11,13-14H,5-10,12H2,(H,23,27)(H,24,25). The predicted octanol–water partition coefficient (Wildman–Crippen LogP) is 2.90. The molecule has 1 saturated heterocycles. The first-order valence-corrected chi connectivity index (χ1v) is 9.70. The number of amides is 1. The summed E-state index contributed by atoms with van der Waals surface area (Å²) in [5, 5.41) is 13.7. The first kappa shape index (κ1) is 19.3. The molecule has 3 heterocycles. The molecule has 1 fully saturated rings. The summed E-state index contributed by atoms with van der Waals surface area (Å²) >= 11 is 0. The van der Waals surface area contributed by atoms with Crippen LogP contribution in [-0.4, -0.2) is 41.0 Å². The number of hydrogen-bond donors (Lipinski definition) is 2. The molecule has 4 rings (SSSR count). The number of benzene rings is 1. The molecule has 3 aromatic rings. The van der Waals surface area contributed by atoms with Gasteiger partial charge in [-0.25, -0.2) is 4.39 Å². The van der Waals surface area contributed by atoms with Gasteiger partial charge < -0.3 is 14.6 Å². The van der Waals surface area contributed by atoms with Crippen molar-refractivity contribution in [2.24, 2.45) is 5.41 Å². The summed E-state index contributed by atoms with van der Waals surface area (Å²) < 4.78 is 25.0. The number of carbonyl (C=O) groups excluding carboxylic acids is 1. The number of aromatic nitrogens is 3. The van der Waals surface area contributed by atoms with Crippen molar-refractivity contribution in [3.63, 3.8) is 0 Å². The predicted molar refractivity (Wildman–Crippen MR) is 103 cm³/mol. The molecule has 0 spiro atoms. The first-order valence-electron chi connectivity index (χ1n) is 9.70. The molecule has 0 aliphatic carbocycles. The zero-order valence-electron chi connectivity index (χ0n) is 16.0. The van der Waals surface area contributed by atoms with Gasteiger partial charge in [-0.2, -0.15) is 5.10 Å². The molecule has 0 unspecified atom stereocenters. The molecule has 0 saturated carbocycles. The molecule has 2 N–H and O–H groups in total. The van der Waals surface area contributed by atoms with E-state index in [2.05, 4.69) is 20.7 Å². The van der Waals surface area contributed by atoms with Gasteiger partial charge in [0.15, 0.2) is 0 Å². The van der Waals surface area contributed by atoms with Gasteiger partial charge in [0.1, 0.15) is 17.3 Å². The molecule has 1 aliphatic rings. The van der Waals surface area contributed by atoms with Crippen LogP contribution in [0.1, 0.15) is 24.2 Å². The molecular weight excluding hydrogens is 375 g/mol. The van der Waals surface area contributed by atoms with Gasteiger partial charge in [0.25, 0.3) is 0 Å². The Morgan fingerprint density at radius 3 is 2.86 bits per heavy atom. The lowest BCUT2D eigenvalue weighted by atomic mass is 9.75. The van der Waals surface area contributed by atoms with Crippen molar-refractivity contribution >= 4 is 5.91 Å². The molecule has 7 nitrogen and oxygen atoms in total. The molecule has 1 amide bonds. The molecule has 1 aromatic carbocycles. The number of ether oxygens (including phenoxy) is 1. The minimum Gasteiger partial charge on any atom is -0.381 e. The number of carbonyl (C=O) groups is 1. The van der Waals surface area contributed by atoms with E-state index in [1.807, 2.05) is 6.20 Å². The smallest absolute Gasteiger partial charge is 0.226 e. The Morgan fingerprint density at radius 1 is 1.28 bits per heavy atom. The van der Waals surface area contributed by atoms with Gasteiger partial charge in [-0.05, 0) is 37.0 Å². The van der Waals surface area contributed by atoms with Gasteiger partial charge in [-0.15, -0.1) is 0 Å². The number of hydrogen-bond acceptors (Lipinski definition) is 5. The molecule has 29 heavy (non-hydrogen) atoms. The second kappa shape index (κ2) is 8.57. The number of rotatable bonds is 7. The van der Waals surface area contributed by atoms with Gasteiger partial charge in [-0.1, -0.05) is 17.3 Å². The summed E-state index contributed by atoms with van der Waals surface area (Å²) in [6, 6.07) is 8.14. The van der Waals surface area contributed by atoms with Gasteiger partial charge in [0, 0.05) is 44.0 Å². The van der Waals surface area contributed by atoms with Crippen molar-refractivity contribution in [2.45, 2.75) is 25.7 Å². The van der Waals surface area contributed by atoms with Gasteiger partial charge in [0.2, 0.25) is 5.91 Å². The monoisotopic (exact) mass is 398 g/mol. The topological polar surface area (TPSA) is 93.0 Å². The Kier molecular flexibility index (Phi) is 5.71. The van der Waals surface area contributed by atoms with Crippen molar-refractivity contribution in [2.75, 3.05) is 19.8 Å². The second-order valence-electron chi connectivity index (χ2n) is 7.34. The van der Waals surface area contributed by atoms with Gasteiger partial charge >= 0.3 is 0 Å². The summed E-state index contributed by atoms with van der Waals surface area (Å²) in [5.41, 5.74) is 1.23. The van der Waals surface area contributed by atoms with Crippen LogP contribution in [0.3, 0.4) is 0 Å². The summed E-state index contributed by atoms with van der Waals surface area (Å²) in [5.74, 6) is 0.188. The van der Waals surface area contributed by atoms with E-state index >= 15 is 0 Å². The fraction of sp³-hybridized carbons (Fsp3) is 0.381. The van der Waals surface area contributed by atoms with Crippen LogP contribution in [0.2, 0.25) is 0 Å². The minimum atomic E-state index is -0.624. The van der Waals surface area contributed by atoms with Gasteiger partial charge in [0.05, 0.1) is 11.6 Å². The van der Waals surface area contributed by atoms with Crippen molar-refractivity contribution in [3.8, 4) is 11.3 Å². The van der Waals surface area contributed by atoms with E-state index in [1.54, 1.807) is 30.5 Å². The zero-order chi connectivity index (χ0) is 20.1. The minimum absolute atomic E-state index is 0.0202. The molecule has 0 atom stereocenters. The number of aromatic amines is 1. The molecule has 8 heteroatoms. The highest BCUT2D eigenvalue weighted by atomic mass is 19.1. The van der Waals surface area contributed by atoms with E-state index in [-0.39, 0.29) is 11.7 Å². The molecule has 2 aromatic heterocycles. The van der Waals surface area contributed by atoms with Crippen molar-refractivity contribution < 1.29 is 18.4 Å². The lowest BCUT2D eigenvalue weighted by Gasteiger charge is -2.35. The third kappa shape index (κ3) is 4.37. The highest BCUT2D eigenvalue weighted by molar-refractivity contribution is 5.83. The fourth-order valence-corrected chi connectivity index (χ4v) is 3.69. The third-order valence-corrected chi connectivity index (χ3v) is 5.41. The molecule has 0 bridgehead atoms. The number of nitrogens with zero attached hydrogens (tertiary/aromatic N) is 2. The van der Waals surface area contributed by atoms with Crippen LogP contribution in [0.5, 0.6) is 0 Å². The maximum Gasteiger partial charge on any atom is 0.226 e. The van der Waals surface area contributed by atoms with E-state index in [9.17, 15) is 9.18 Å². The van der Waals surface area contributed by atoms with Crippen LogP contribution in [0.15, 0.2) is 47.2 Å². The quantitative estimate of drug-likeness (QED) is 0.638. The SMILES string of the molecule is O=C(NCCc1cn[nH]c1)C1(Cc2cc(-c3ccccc3F)no2)CCOCC1. The van der Waals surface area contributed by atoms with E-state index in [4.69, 9.17) is 9.26 Å². The third-order valence-electron chi connectivity index (χ3n) is 5.41. The maximum atomic E-state index is 14.0. The first-order chi connectivity index (χ1) is 14.2. The maximum absolute atomic E-state index is 14.0. The number of halogens is 1. The summed E-state index contributed by atoms with van der Waals surface area (Å²) in [6.45, 7) is 1.56. The van der Waals surface area contributed by atoms with Crippen LogP contribution in [0, 0.1) is 11.2 Å². The summed E-state index contributed by atoms with van der Waals surface area (Å²) in [6.07, 6.45) is 5.86. The van der Waals surface area contributed by atoms with Crippen LogP contribution < -0.4 is 5.32 Å². The van der Waals surface area contributed by atoms with Crippen molar-refractivity contribution in [3.05, 3.63) is 59.9 Å². The van der Waals surface area contributed by atoms with Gasteiger partial charge in [-0.3, -0.25) is 9.89 Å². The summed E-state index contributed by atoms with van der Waals surface area (Å²) in [4.78, 5) is 13.1. The Labute approximate surface area is 167 Å². The second-order valence-corrected chi connectivity index (χ2v) is 7.34. The van der Waals surface area contributed by atoms with Crippen LogP contribution in [0.4, 0.5) is 4.39 Å². The molecule has 152 valence electrons. The summed E-state index contributed by atoms with van der Waals surface area (Å²) in [7, 11) is 0. The largest absolute Gasteiger partial charge is 0.381 e. The Hall–Kier alpha value is -3.00. The van der Waals surface area contributed by atoms with Crippen molar-refractivity contribution in [1.29, 1.82) is 0 Å². The number of H-pyrrole nitrogens is 1. The lowest BCUT2D eigenvalue weighted by molar-refractivity contribution is -0.137. The van der Waals surface area contributed by atoms with Crippen LogP contribution in [-0.2, 0) is 22.4 Å². The molecule has 0 radical (unpaired) electrons. The lowest BCUT2D eigenvalue weighted by Crippen LogP contribution is -2.46. The average molecular weight is 398 g/mol. The normalized spacial score (nSPS) is 15.9. The highest BCUT2D eigenvalue weighted by Crippen LogP contribution is 2.36. The van der Waals surface area contributed by atoms with E-state index in [1.165, 1.54) is 6.07 Å². The molecule has 1 aliphatic heterocycles. The fourth-order valence-electron chi connectivity index (χ4n) is 3.69. The van der Waals surface area contributed by atoms with E-state index in [0.717, 1.165) is 5.56 Å². The highest BCUT2D eigenvalue weighted by Gasteiger charge is 2.41. The van der Waals surface area contributed by atoms with Crippen molar-refractivity contribution in [1.82, 2.24) is 20.7 Å². The van der Waals surface area contributed by atoms with Crippen LogP contribution in [0.25, 0.3) is 11.3 Å². The number of nitrogens with one attached hydrogen (secondary N) is 2. The average Bonchev–Trinajstić information content (AvgIpc) is 3.41. The van der Waals surface area contributed by atoms with E-state index < -0.39 is 5.41 Å². The van der Waals surface area contributed by atoms with Crippen LogP contribution >= 0.6 is 0 Å². The zero-order valence-corrected chi connectivity index (χ0v) is 16.0. The Balaban J connectivity index is 1.47.